The number of hydrogen-bond donors (Lipinski definition) is 2. The molecule has 3 rings (SSSR count). The molecule has 1 amide bonds. The van der Waals surface area contributed by atoms with Gasteiger partial charge in [0.05, 0.1) is 0 Å². The molecule has 2 N–H and O–H groups in total. The molecule has 0 unspecified atom stereocenters. The largest absolute Gasteiger partial charge is 0.382 e. The van der Waals surface area contributed by atoms with Gasteiger partial charge in [-0.05, 0) is 49.1 Å². The molecule has 0 spiro atoms. The van der Waals surface area contributed by atoms with Gasteiger partial charge in [-0.15, -0.1) is 0 Å². The van der Waals surface area contributed by atoms with E-state index in [9.17, 15) is 9.18 Å². The lowest BCUT2D eigenvalue weighted by molar-refractivity contribution is 0.0949. The van der Waals surface area contributed by atoms with Crippen molar-refractivity contribution in [3.05, 3.63) is 59.7 Å². The van der Waals surface area contributed by atoms with Crippen molar-refractivity contribution >= 4 is 11.6 Å². The number of carbonyl (C=O) groups excluding carboxylic acids is 1. The Kier molecular flexibility index (Phi) is 5.99. The van der Waals surface area contributed by atoms with Gasteiger partial charge < -0.3 is 10.6 Å². The molecule has 1 aromatic carbocycles. The Morgan fingerprint density at radius 3 is 2.64 bits per heavy atom. The summed E-state index contributed by atoms with van der Waals surface area (Å²) in [7, 11) is 0. The third kappa shape index (κ3) is 5.28. The maximum Gasteiger partial charge on any atom is 0.269 e. The van der Waals surface area contributed by atoms with Gasteiger partial charge in [0.25, 0.3) is 5.91 Å². The van der Waals surface area contributed by atoms with Crippen LogP contribution in [0.25, 0.3) is 0 Å². The van der Waals surface area contributed by atoms with E-state index >= 15 is 0 Å². The van der Waals surface area contributed by atoms with Gasteiger partial charge in [-0.25, -0.2) is 4.39 Å². The van der Waals surface area contributed by atoms with E-state index in [0.717, 1.165) is 11.3 Å². The summed E-state index contributed by atoms with van der Waals surface area (Å²) < 4.78 is 12.9. The number of pyridine rings is 1. The van der Waals surface area contributed by atoms with Gasteiger partial charge in [0.15, 0.2) is 0 Å². The van der Waals surface area contributed by atoms with Gasteiger partial charge >= 0.3 is 0 Å². The summed E-state index contributed by atoms with van der Waals surface area (Å²) in [5.41, 5.74) is 2.35. The van der Waals surface area contributed by atoms with Crippen molar-refractivity contribution in [1.29, 1.82) is 0 Å². The molecule has 132 valence electrons. The third-order valence-electron chi connectivity index (χ3n) is 4.58. The Morgan fingerprint density at radius 1 is 1.12 bits per heavy atom. The van der Waals surface area contributed by atoms with Crippen LogP contribution < -0.4 is 10.6 Å². The first kappa shape index (κ1) is 17.4. The third-order valence-corrected chi connectivity index (χ3v) is 4.58. The number of halogens is 1. The molecule has 0 aliphatic heterocycles. The van der Waals surface area contributed by atoms with Crippen LogP contribution in [0.2, 0.25) is 0 Å². The summed E-state index contributed by atoms with van der Waals surface area (Å²) in [6, 6.07) is 10.5. The van der Waals surface area contributed by atoms with E-state index in [4.69, 9.17) is 0 Å². The Balaban J connectivity index is 1.51. The normalized spacial score (nSPS) is 14.9. The van der Waals surface area contributed by atoms with Crippen molar-refractivity contribution in [3.8, 4) is 0 Å². The van der Waals surface area contributed by atoms with Crippen molar-refractivity contribution in [1.82, 2.24) is 10.3 Å². The molecule has 1 fully saturated rings. The second kappa shape index (κ2) is 8.60. The fourth-order valence-corrected chi connectivity index (χ4v) is 3.19. The first-order valence-corrected chi connectivity index (χ1v) is 8.96. The SMILES string of the molecule is O=C(NCCc1ccc(F)cc1)c1cc(NC2CCCCC2)ccn1. The Morgan fingerprint density at radius 2 is 1.88 bits per heavy atom. The predicted octanol–water partition coefficient (Wildman–Crippen LogP) is 3.94. The molecular weight excluding hydrogens is 317 g/mol. The molecule has 4 nitrogen and oxygen atoms in total. The van der Waals surface area contributed by atoms with Crippen molar-refractivity contribution in [2.24, 2.45) is 0 Å². The number of carbonyl (C=O) groups is 1. The smallest absolute Gasteiger partial charge is 0.269 e. The summed E-state index contributed by atoms with van der Waals surface area (Å²) in [5.74, 6) is -0.436. The number of anilines is 1. The monoisotopic (exact) mass is 341 g/mol. The molecule has 5 heteroatoms. The lowest BCUT2D eigenvalue weighted by Crippen LogP contribution is -2.27. The van der Waals surface area contributed by atoms with Crippen LogP contribution in [0, 0.1) is 5.82 Å². The second-order valence-electron chi connectivity index (χ2n) is 6.54. The highest BCUT2D eigenvalue weighted by Gasteiger charge is 2.14. The number of amides is 1. The number of nitrogens with one attached hydrogen (secondary N) is 2. The predicted molar refractivity (Wildman–Crippen MR) is 97.2 cm³/mol. The van der Waals surface area contributed by atoms with Gasteiger partial charge in [-0.1, -0.05) is 31.4 Å². The van der Waals surface area contributed by atoms with E-state index in [1.807, 2.05) is 12.1 Å². The van der Waals surface area contributed by atoms with E-state index in [2.05, 4.69) is 15.6 Å². The zero-order valence-electron chi connectivity index (χ0n) is 14.3. The Bertz CT molecular complexity index is 696. The zero-order chi connectivity index (χ0) is 17.5. The summed E-state index contributed by atoms with van der Waals surface area (Å²) in [4.78, 5) is 16.4. The summed E-state index contributed by atoms with van der Waals surface area (Å²) in [6.07, 6.45) is 8.53. The minimum Gasteiger partial charge on any atom is -0.382 e. The van der Waals surface area contributed by atoms with Crippen LogP contribution in [0.15, 0.2) is 42.6 Å². The molecule has 1 heterocycles. The molecule has 1 aromatic heterocycles. The van der Waals surface area contributed by atoms with Gasteiger partial charge in [0.1, 0.15) is 11.5 Å². The molecule has 0 saturated heterocycles. The van der Waals surface area contributed by atoms with Crippen LogP contribution >= 0.6 is 0 Å². The standard InChI is InChI=1S/C20H24FN3O/c21-16-8-6-15(7-9-16)10-12-23-20(25)19-14-18(11-13-22-19)24-17-4-2-1-3-5-17/h6-9,11,13-14,17H,1-5,10,12H2,(H,22,24)(H,23,25). The lowest BCUT2D eigenvalue weighted by Gasteiger charge is -2.23. The second-order valence-corrected chi connectivity index (χ2v) is 6.54. The minimum atomic E-state index is -0.251. The van der Waals surface area contributed by atoms with E-state index in [1.54, 1.807) is 18.3 Å². The van der Waals surface area contributed by atoms with E-state index in [1.165, 1.54) is 44.2 Å². The van der Waals surface area contributed by atoms with Gasteiger partial charge in [-0.3, -0.25) is 9.78 Å². The highest BCUT2D eigenvalue weighted by Crippen LogP contribution is 2.21. The maximum atomic E-state index is 12.9. The molecule has 1 aliphatic carbocycles. The van der Waals surface area contributed by atoms with Crippen LogP contribution in [-0.2, 0) is 6.42 Å². The molecule has 0 radical (unpaired) electrons. The average molecular weight is 341 g/mol. The first-order valence-electron chi connectivity index (χ1n) is 8.96. The molecule has 0 atom stereocenters. The fourth-order valence-electron chi connectivity index (χ4n) is 3.19. The molecule has 1 saturated carbocycles. The quantitative estimate of drug-likeness (QED) is 0.837. The number of hydrogen-bond acceptors (Lipinski definition) is 3. The molecule has 25 heavy (non-hydrogen) atoms. The highest BCUT2D eigenvalue weighted by atomic mass is 19.1. The van der Waals surface area contributed by atoms with E-state index in [-0.39, 0.29) is 11.7 Å². The number of nitrogens with zero attached hydrogens (tertiary/aromatic N) is 1. The maximum absolute atomic E-state index is 12.9. The fraction of sp³-hybridized carbons (Fsp3) is 0.400. The highest BCUT2D eigenvalue weighted by molar-refractivity contribution is 5.93. The summed E-state index contributed by atoms with van der Waals surface area (Å²) in [5, 5.41) is 6.38. The van der Waals surface area contributed by atoms with Crippen LogP contribution in [0.5, 0.6) is 0 Å². The zero-order valence-corrected chi connectivity index (χ0v) is 14.3. The molecule has 0 bridgehead atoms. The molecule has 1 aliphatic rings. The minimum absolute atomic E-state index is 0.186. The molecular formula is C20H24FN3O. The summed E-state index contributed by atoms with van der Waals surface area (Å²) in [6.45, 7) is 0.492. The first-order chi connectivity index (χ1) is 12.2. The number of benzene rings is 1. The van der Waals surface area contributed by atoms with Crippen LogP contribution in [-0.4, -0.2) is 23.5 Å². The van der Waals surface area contributed by atoms with Crippen molar-refractivity contribution in [2.75, 3.05) is 11.9 Å². The van der Waals surface area contributed by atoms with Crippen LogP contribution in [0.1, 0.15) is 48.2 Å². The van der Waals surface area contributed by atoms with Crippen LogP contribution in [0.3, 0.4) is 0 Å². The molecule has 2 aromatic rings. The topological polar surface area (TPSA) is 54.0 Å². The Labute approximate surface area is 147 Å². The van der Waals surface area contributed by atoms with Gasteiger partial charge in [0, 0.05) is 24.5 Å². The lowest BCUT2D eigenvalue weighted by atomic mass is 9.95. The Hall–Kier alpha value is -2.43. The van der Waals surface area contributed by atoms with Crippen molar-refractivity contribution in [2.45, 2.75) is 44.6 Å². The van der Waals surface area contributed by atoms with Crippen LogP contribution in [0.4, 0.5) is 10.1 Å². The van der Waals surface area contributed by atoms with Crippen molar-refractivity contribution in [3.63, 3.8) is 0 Å². The van der Waals surface area contributed by atoms with Crippen molar-refractivity contribution < 1.29 is 9.18 Å². The average Bonchev–Trinajstić information content (AvgIpc) is 2.64. The number of rotatable bonds is 6. The van der Waals surface area contributed by atoms with Gasteiger partial charge in [0.2, 0.25) is 0 Å². The van der Waals surface area contributed by atoms with E-state index < -0.39 is 0 Å². The van der Waals surface area contributed by atoms with Gasteiger partial charge in [-0.2, -0.15) is 0 Å². The summed E-state index contributed by atoms with van der Waals surface area (Å²) >= 11 is 0. The number of aromatic nitrogens is 1. The van der Waals surface area contributed by atoms with E-state index in [0.29, 0.717) is 24.7 Å².